The van der Waals surface area contributed by atoms with Crippen LogP contribution in [0.5, 0.6) is 0 Å². The van der Waals surface area contributed by atoms with Crippen LogP contribution in [0.4, 0.5) is 0 Å². The van der Waals surface area contributed by atoms with Crippen molar-refractivity contribution in [2.75, 3.05) is 0 Å². The van der Waals surface area contributed by atoms with E-state index in [0.717, 1.165) is 22.3 Å². The first kappa shape index (κ1) is 30.5. The van der Waals surface area contributed by atoms with E-state index in [1.165, 1.54) is 87.9 Å². The van der Waals surface area contributed by atoms with Gasteiger partial charge in [0.2, 0.25) is 0 Å². The molecule has 11 aromatic rings. The van der Waals surface area contributed by atoms with Crippen LogP contribution in [0.25, 0.3) is 105 Å². The summed E-state index contributed by atoms with van der Waals surface area (Å²) in [5.74, 6) is 0. The summed E-state index contributed by atoms with van der Waals surface area (Å²) in [5, 5.41) is 7.46. The number of H-pyrrole nitrogens is 1. The normalized spacial score (nSPS) is 11.9. The van der Waals surface area contributed by atoms with E-state index in [9.17, 15) is 0 Å². The smallest absolute Gasteiger partial charge is 0.0541 e. The third kappa shape index (κ3) is 4.49. The van der Waals surface area contributed by atoms with Gasteiger partial charge in [0.1, 0.15) is 0 Å². The molecule has 11 rings (SSSR count). The second kappa shape index (κ2) is 11.7. The van der Waals surface area contributed by atoms with E-state index in [0.29, 0.717) is 0 Å². The molecule has 0 aliphatic rings. The van der Waals surface area contributed by atoms with E-state index in [1.54, 1.807) is 0 Å². The molecule has 1 N–H and O–H groups in total. The van der Waals surface area contributed by atoms with Gasteiger partial charge in [0.05, 0.1) is 27.8 Å². The monoisotopic (exact) mass is 689 g/mol. The van der Waals surface area contributed by atoms with E-state index in [1.807, 2.05) is 6.08 Å². The van der Waals surface area contributed by atoms with Gasteiger partial charge in [0, 0.05) is 49.0 Å². The summed E-state index contributed by atoms with van der Waals surface area (Å²) < 4.78 is 4.77. The second-order valence-corrected chi connectivity index (χ2v) is 14.4. The molecule has 3 aromatic heterocycles. The molecule has 3 heteroatoms. The molecule has 0 amide bonds. The highest BCUT2D eigenvalue weighted by Gasteiger charge is 2.17. The highest BCUT2D eigenvalue weighted by atomic mass is 15.0. The van der Waals surface area contributed by atoms with Gasteiger partial charge in [-0.1, -0.05) is 110 Å². The lowest BCUT2D eigenvalue weighted by Gasteiger charge is -2.11. The Morgan fingerprint density at radius 2 is 0.833 bits per heavy atom. The van der Waals surface area contributed by atoms with E-state index in [-0.39, 0.29) is 0 Å². The summed E-state index contributed by atoms with van der Waals surface area (Å²) in [5.41, 5.74) is 16.6. The van der Waals surface area contributed by atoms with Crippen LogP contribution in [0, 0.1) is 6.92 Å². The molecule has 54 heavy (non-hydrogen) atoms. The van der Waals surface area contributed by atoms with Crippen LogP contribution in [-0.4, -0.2) is 14.1 Å². The van der Waals surface area contributed by atoms with Gasteiger partial charge in [-0.25, -0.2) is 0 Å². The number of nitrogens with one attached hydrogen (secondary N) is 1. The molecule has 0 aliphatic carbocycles. The van der Waals surface area contributed by atoms with Crippen LogP contribution < -0.4 is 0 Å². The number of aromatic nitrogens is 3. The van der Waals surface area contributed by atoms with Crippen molar-refractivity contribution in [1.82, 2.24) is 14.1 Å². The molecule has 254 valence electrons. The van der Waals surface area contributed by atoms with Gasteiger partial charge in [0.15, 0.2) is 0 Å². The number of para-hydroxylation sites is 4. The number of benzene rings is 8. The highest BCUT2D eigenvalue weighted by Crippen LogP contribution is 2.39. The standard InChI is InChI=1S/C51H35N3/c1-3-33-13-5-9-17-47(33)54-49-19-11-7-15-39(49)43-31-37(23-27-51(43)54)35-21-25-45-41(29-35)40-28-34(20-24-44(40)52-45)36-22-26-50-42(30-36)38-14-6-10-18-48(38)53(50)46-16-8-4-12-32(46)2/h3-31,52H,1H2,2H3. The molecule has 3 heterocycles. The number of hydrogen-bond donors (Lipinski definition) is 1. The Kier molecular flexibility index (Phi) is 6.62. The van der Waals surface area contributed by atoms with Crippen LogP contribution in [-0.2, 0) is 0 Å². The third-order valence-electron chi connectivity index (χ3n) is 11.4. The van der Waals surface area contributed by atoms with Crippen molar-refractivity contribution in [3.63, 3.8) is 0 Å². The molecular formula is C51H35N3. The quantitative estimate of drug-likeness (QED) is 0.186. The minimum atomic E-state index is 1.11. The van der Waals surface area contributed by atoms with Crippen molar-refractivity contribution < 1.29 is 0 Å². The van der Waals surface area contributed by atoms with Crippen molar-refractivity contribution in [1.29, 1.82) is 0 Å². The fourth-order valence-corrected chi connectivity index (χ4v) is 8.76. The molecule has 0 spiro atoms. The van der Waals surface area contributed by atoms with Crippen molar-refractivity contribution in [2.45, 2.75) is 6.92 Å². The van der Waals surface area contributed by atoms with E-state index in [4.69, 9.17) is 0 Å². The molecule has 0 saturated carbocycles. The number of fused-ring (bicyclic) bond motifs is 9. The molecule has 0 saturated heterocycles. The molecule has 0 radical (unpaired) electrons. The molecule has 3 nitrogen and oxygen atoms in total. The number of aryl methyl sites for hydroxylation is 1. The minimum Gasteiger partial charge on any atom is -0.355 e. The zero-order valence-corrected chi connectivity index (χ0v) is 29.8. The third-order valence-corrected chi connectivity index (χ3v) is 11.4. The molecule has 0 bridgehead atoms. The SMILES string of the molecule is C=Cc1ccccc1-n1c2ccccc2c2cc(-c3ccc4[nH]c5ccc(-c6ccc7c(c6)c6ccccc6n7-c6ccccc6C)cc5c4c3)ccc21. The Hall–Kier alpha value is -7.10. The fraction of sp³-hybridized carbons (Fsp3) is 0.0196. The first-order valence-electron chi connectivity index (χ1n) is 18.6. The Morgan fingerprint density at radius 3 is 1.39 bits per heavy atom. The van der Waals surface area contributed by atoms with Crippen molar-refractivity contribution in [3.05, 3.63) is 188 Å². The highest BCUT2D eigenvalue weighted by molar-refractivity contribution is 6.14. The zero-order chi connectivity index (χ0) is 35.9. The molecular weight excluding hydrogens is 655 g/mol. The van der Waals surface area contributed by atoms with Gasteiger partial charge in [0.25, 0.3) is 0 Å². The van der Waals surface area contributed by atoms with Crippen molar-refractivity contribution in [3.8, 4) is 33.6 Å². The molecule has 0 atom stereocenters. The summed E-state index contributed by atoms with van der Waals surface area (Å²) in [7, 11) is 0. The van der Waals surface area contributed by atoms with Gasteiger partial charge in [-0.2, -0.15) is 0 Å². The largest absolute Gasteiger partial charge is 0.355 e. The lowest BCUT2D eigenvalue weighted by atomic mass is 9.98. The molecule has 0 unspecified atom stereocenters. The Bertz CT molecular complexity index is 3310. The van der Waals surface area contributed by atoms with Gasteiger partial charge >= 0.3 is 0 Å². The number of hydrogen-bond acceptors (Lipinski definition) is 0. The van der Waals surface area contributed by atoms with Crippen LogP contribution >= 0.6 is 0 Å². The first-order chi connectivity index (χ1) is 26.6. The fourth-order valence-electron chi connectivity index (χ4n) is 8.76. The van der Waals surface area contributed by atoms with Crippen LogP contribution in [0.15, 0.2) is 176 Å². The predicted molar refractivity (Wildman–Crippen MR) is 230 cm³/mol. The topological polar surface area (TPSA) is 25.6 Å². The van der Waals surface area contributed by atoms with Gasteiger partial charge in [-0.05, 0) is 113 Å². The lowest BCUT2D eigenvalue weighted by Crippen LogP contribution is -1.96. The molecule has 8 aromatic carbocycles. The number of nitrogens with zero attached hydrogens (tertiary/aromatic N) is 2. The molecule has 0 aliphatic heterocycles. The maximum atomic E-state index is 4.10. The predicted octanol–water partition coefficient (Wildman–Crippen LogP) is 13.8. The molecule has 0 fully saturated rings. The van der Waals surface area contributed by atoms with Crippen LogP contribution in [0.2, 0.25) is 0 Å². The first-order valence-corrected chi connectivity index (χ1v) is 18.6. The van der Waals surface area contributed by atoms with Gasteiger partial charge < -0.3 is 14.1 Å². The van der Waals surface area contributed by atoms with Crippen LogP contribution in [0.3, 0.4) is 0 Å². The van der Waals surface area contributed by atoms with Crippen molar-refractivity contribution >= 4 is 71.5 Å². The second-order valence-electron chi connectivity index (χ2n) is 14.4. The lowest BCUT2D eigenvalue weighted by molar-refractivity contribution is 1.15. The summed E-state index contributed by atoms with van der Waals surface area (Å²) >= 11 is 0. The Morgan fingerprint density at radius 1 is 0.407 bits per heavy atom. The van der Waals surface area contributed by atoms with E-state index in [2.05, 4.69) is 197 Å². The maximum absolute atomic E-state index is 4.10. The van der Waals surface area contributed by atoms with Gasteiger partial charge in [-0.3, -0.25) is 0 Å². The zero-order valence-electron chi connectivity index (χ0n) is 29.8. The summed E-state index contributed by atoms with van der Waals surface area (Å²) in [6.07, 6.45) is 1.94. The summed E-state index contributed by atoms with van der Waals surface area (Å²) in [6, 6.07) is 62.0. The van der Waals surface area contributed by atoms with E-state index >= 15 is 0 Å². The summed E-state index contributed by atoms with van der Waals surface area (Å²) in [4.78, 5) is 3.69. The number of rotatable bonds is 5. The minimum absolute atomic E-state index is 1.11. The average Bonchev–Trinajstić information content (AvgIpc) is 3.87. The Labute approximate surface area is 312 Å². The summed E-state index contributed by atoms with van der Waals surface area (Å²) in [6.45, 7) is 6.29. The van der Waals surface area contributed by atoms with Gasteiger partial charge in [-0.15, -0.1) is 0 Å². The Balaban J connectivity index is 1.04. The number of aromatic amines is 1. The van der Waals surface area contributed by atoms with Crippen LogP contribution in [0.1, 0.15) is 11.1 Å². The maximum Gasteiger partial charge on any atom is 0.0541 e. The van der Waals surface area contributed by atoms with Crippen molar-refractivity contribution in [2.24, 2.45) is 0 Å². The average molecular weight is 690 g/mol. The van der Waals surface area contributed by atoms with E-state index < -0.39 is 0 Å².